The summed E-state index contributed by atoms with van der Waals surface area (Å²) < 4.78 is 19.5. The smallest absolute Gasteiger partial charge is 0.330 e. The highest BCUT2D eigenvalue weighted by Crippen LogP contribution is 2.48. The van der Waals surface area contributed by atoms with Crippen LogP contribution in [0.15, 0.2) is 60.7 Å². The molecule has 3 unspecified atom stereocenters. The van der Waals surface area contributed by atoms with Gasteiger partial charge in [0.25, 0.3) is 0 Å². The van der Waals surface area contributed by atoms with Crippen molar-refractivity contribution < 1.29 is 13.9 Å². The molecule has 3 atom stereocenters. The number of anilines is 1. The van der Waals surface area contributed by atoms with E-state index in [2.05, 4.69) is 59.6 Å². The monoisotopic (exact) mass is 462 g/mol. The number of piperidine rings is 1. The molecule has 5 heteroatoms. The van der Waals surface area contributed by atoms with E-state index in [-0.39, 0.29) is 17.3 Å². The molecule has 1 saturated heterocycles. The fourth-order valence-electron chi connectivity index (χ4n) is 5.55. The minimum atomic E-state index is -0.453. The Kier molecular flexibility index (Phi) is 7.22. The molecule has 180 valence electrons. The third-order valence-corrected chi connectivity index (χ3v) is 7.59. The molecule has 34 heavy (non-hydrogen) atoms. The zero-order valence-electron chi connectivity index (χ0n) is 20.4. The van der Waals surface area contributed by atoms with Gasteiger partial charge in [-0.1, -0.05) is 49.4 Å². The molecule has 1 fully saturated rings. The minimum Gasteiger partial charge on any atom is -0.466 e. The Balaban J connectivity index is 1.51. The number of rotatable bonds is 6. The number of hydrogen-bond donors (Lipinski definition) is 1. The number of halogens is 1. The van der Waals surface area contributed by atoms with Crippen molar-refractivity contribution in [2.45, 2.75) is 51.1 Å². The average molecular weight is 463 g/mol. The minimum absolute atomic E-state index is 0.0329. The van der Waals surface area contributed by atoms with Crippen LogP contribution in [-0.4, -0.2) is 37.1 Å². The van der Waals surface area contributed by atoms with Crippen LogP contribution >= 0.6 is 0 Å². The molecule has 2 aliphatic heterocycles. The molecule has 0 amide bonds. The predicted molar refractivity (Wildman–Crippen MR) is 136 cm³/mol. The average Bonchev–Trinajstić information content (AvgIpc) is 2.84. The molecule has 2 aromatic rings. The summed E-state index contributed by atoms with van der Waals surface area (Å²) in [5.41, 5.74) is 5.12. The van der Waals surface area contributed by atoms with Gasteiger partial charge in [0.15, 0.2) is 0 Å². The number of likely N-dealkylation sites (tertiary alicyclic amines) is 1. The molecule has 4 nitrogen and oxygen atoms in total. The van der Waals surface area contributed by atoms with E-state index in [1.807, 2.05) is 12.1 Å². The van der Waals surface area contributed by atoms with Gasteiger partial charge in [0.05, 0.1) is 7.11 Å². The fraction of sp³-hybridized carbons (Fsp3) is 0.414. The Morgan fingerprint density at radius 1 is 1.32 bits per heavy atom. The lowest BCUT2D eigenvalue weighted by molar-refractivity contribution is -0.134. The van der Waals surface area contributed by atoms with Crippen molar-refractivity contribution >= 4 is 17.7 Å². The zero-order chi connectivity index (χ0) is 24.3. The second-order valence-corrected chi connectivity index (χ2v) is 9.99. The molecular formula is C29H35FN2O2. The molecule has 2 heterocycles. The molecule has 2 aliphatic rings. The van der Waals surface area contributed by atoms with Crippen LogP contribution < -0.4 is 5.32 Å². The lowest BCUT2D eigenvalue weighted by Gasteiger charge is -2.49. The van der Waals surface area contributed by atoms with Crippen molar-refractivity contribution in [3.63, 3.8) is 0 Å². The van der Waals surface area contributed by atoms with Crippen molar-refractivity contribution in [3.05, 3.63) is 83.2 Å². The highest BCUT2D eigenvalue weighted by molar-refractivity contribution is 5.86. The van der Waals surface area contributed by atoms with Crippen molar-refractivity contribution in [2.24, 2.45) is 5.92 Å². The van der Waals surface area contributed by atoms with E-state index in [0.29, 0.717) is 23.6 Å². The summed E-state index contributed by atoms with van der Waals surface area (Å²) in [7, 11) is 1.32. The van der Waals surface area contributed by atoms with Gasteiger partial charge in [-0.2, -0.15) is 0 Å². The highest BCUT2D eigenvalue weighted by Gasteiger charge is 2.43. The largest absolute Gasteiger partial charge is 0.466 e. The molecule has 0 spiro atoms. The maximum absolute atomic E-state index is 14.9. The number of nitrogens with zero attached hydrogens (tertiary/aromatic N) is 1. The van der Waals surface area contributed by atoms with Crippen LogP contribution in [0.25, 0.3) is 6.08 Å². The van der Waals surface area contributed by atoms with Crippen LogP contribution in [0.2, 0.25) is 0 Å². The fourth-order valence-corrected chi connectivity index (χ4v) is 5.55. The number of carbonyl (C=O) groups excluding carboxylic acids is 1. The van der Waals surface area contributed by atoms with Gasteiger partial charge in [-0.15, -0.1) is 0 Å². The number of methoxy groups -OCH3 is 1. The molecule has 0 aromatic heterocycles. The first kappa shape index (κ1) is 24.2. The molecule has 0 radical (unpaired) electrons. The van der Waals surface area contributed by atoms with Crippen LogP contribution in [-0.2, 0) is 21.5 Å². The van der Waals surface area contributed by atoms with Gasteiger partial charge < -0.3 is 10.1 Å². The first-order valence-corrected chi connectivity index (χ1v) is 12.1. The van der Waals surface area contributed by atoms with E-state index in [4.69, 9.17) is 0 Å². The van der Waals surface area contributed by atoms with E-state index in [1.165, 1.54) is 36.9 Å². The number of carbonyl (C=O) groups is 1. The van der Waals surface area contributed by atoms with Crippen LogP contribution in [0, 0.1) is 11.7 Å². The number of fused-ring (bicyclic) bond motifs is 1. The second-order valence-electron chi connectivity index (χ2n) is 9.99. The maximum Gasteiger partial charge on any atom is 0.330 e. The zero-order valence-corrected chi connectivity index (χ0v) is 20.4. The number of esters is 1. The van der Waals surface area contributed by atoms with Gasteiger partial charge >= 0.3 is 5.97 Å². The Bertz CT molecular complexity index is 1100. The van der Waals surface area contributed by atoms with E-state index in [1.54, 1.807) is 6.08 Å². The van der Waals surface area contributed by atoms with Gasteiger partial charge in [-0.25, -0.2) is 9.18 Å². The van der Waals surface area contributed by atoms with E-state index in [0.717, 1.165) is 31.5 Å². The molecule has 0 aliphatic carbocycles. The quantitative estimate of drug-likeness (QED) is 0.328. The normalized spacial score (nSPS) is 24.9. The number of hydrogen-bond acceptors (Lipinski definition) is 4. The second kappa shape index (κ2) is 10.1. The van der Waals surface area contributed by atoms with Gasteiger partial charge in [0.1, 0.15) is 5.82 Å². The first-order chi connectivity index (χ1) is 16.3. The number of ether oxygens (including phenoxy) is 1. The van der Waals surface area contributed by atoms with Crippen LogP contribution in [0.3, 0.4) is 0 Å². The molecular weight excluding hydrogens is 427 g/mol. The van der Waals surface area contributed by atoms with Crippen LogP contribution in [0.1, 0.15) is 49.8 Å². The first-order valence-electron chi connectivity index (χ1n) is 12.1. The Labute approximate surface area is 202 Å². The van der Waals surface area contributed by atoms with Gasteiger partial charge in [-0.3, -0.25) is 4.90 Å². The topological polar surface area (TPSA) is 41.6 Å². The number of nitrogens with one attached hydrogen (secondary N) is 1. The van der Waals surface area contributed by atoms with Crippen molar-refractivity contribution in [1.82, 2.24) is 4.90 Å². The summed E-state index contributed by atoms with van der Waals surface area (Å²) in [6.07, 6.45) is 6.18. The summed E-state index contributed by atoms with van der Waals surface area (Å²) in [4.78, 5) is 13.7. The van der Waals surface area contributed by atoms with Crippen LogP contribution in [0.4, 0.5) is 10.1 Å². The lowest BCUT2D eigenvalue weighted by atomic mass is 9.63. The molecule has 4 rings (SSSR count). The Morgan fingerprint density at radius 2 is 2.12 bits per heavy atom. The Morgan fingerprint density at radius 3 is 2.85 bits per heavy atom. The summed E-state index contributed by atoms with van der Waals surface area (Å²) in [6, 6.07) is 14.1. The third-order valence-electron chi connectivity index (χ3n) is 7.59. The predicted octanol–water partition coefficient (Wildman–Crippen LogP) is 5.94. The molecule has 0 bridgehead atoms. The summed E-state index contributed by atoms with van der Waals surface area (Å²) in [5, 5.41) is 3.68. The standard InChI is InChI=1S/C29H35FN2O2/c1-20(2)27-17-29(3,24-9-5-6-10-26(24)31-27)23-8-7-15-32(19-23)18-22-13-11-21(16-25(22)30)12-14-28(33)34-4/h5-6,9-14,16,23,27,31H,1,7-8,15,17-19H2,2-4H3/b14-12+. The lowest BCUT2D eigenvalue weighted by Crippen LogP contribution is -2.49. The summed E-state index contributed by atoms with van der Waals surface area (Å²) >= 11 is 0. The number of benzene rings is 2. The highest BCUT2D eigenvalue weighted by atomic mass is 19.1. The van der Waals surface area contributed by atoms with Crippen LogP contribution in [0.5, 0.6) is 0 Å². The van der Waals surface area contributed by atoms with E-state index >= 15 is 0 Å². The molecule has 2 aromatic carbocycles. The van der Waals surface area contributed by atoms with Gasteiger partial charge in [0.2, 0.25) is 0 Å². The SMILES string of the molecule is C=C(C)C1CC(C)(C2CCCN(Cc3ccc(/C=C/C(=O)OC)cc3F)C2)c2ccccc2N1. The molecule has 1 N–H and O–H groups in total. The van der Waals surface area contributed by atoms with Crippen molar-refractivity contribution in [2.75, 3.05) is 25.5 Å². The Hall–Kier alpha value is -2.92. The van der Waals surface area contributed by atoms with Gasteiger partial charge in [-0.05, 0) is 68.0 Å². The third kappa shape index (κ3) is 5.10. The summed E-state index contributed by atoms with van der Waals surface area (Å²) in [6.45, 7) is 11.2. The van der Waals surface area contributed by atoms with Crippen molar-refractivity contribution in [3.8, 4) is 0 Å². The molecule has 0 saturated carbocycles. The van der Waals surface area contributed by atoms with E-state index < -0.39 is 5.97 Å². The summed E-state index contributed by atoms with van der Waals surface area (Å²) in [5.74, 6) is -0.211. The van der Waals surface area contributed by atoms with E-state index in [9.17, 15) is 9.18 Å². The van der Waals surface area contributed by atoms with Gasteiger partial charge in [0, 0.05) is 41.9 Å². The number of para-hydroxylation sites is 1. The van der Waals surface area contributed by atoms with Crippen molar-refractivity contribution in [1.29, 1.82) is 0 Å². The maximum atomic E-state index is 14.9.